The van der Waals surface area contributed by atoms with Gasteiger partial charge in [0.15, 0.2) is 5.43 Å². The Morgan fingerprint density at radius 1 is 0.627 bits per heavy atom. The van der Waals surface area contributed by atoms with Crippen LogP contribution in [0.15, 0.2) is 151 Å². The van der Waals surface area contributed by atoms with Crippen molar-refractivity contribution in [1.82, 2.24) is 28.8 Å². The van der Waals surface area contributed by atoms with E-state index < -0.39 is 15.7 Å². The van der Waals surface area contributed by atoms with E-state index in [0.717, 1.165) is 51.4 Å². The van der Waals surface area contributed by atoms with Crippen LogP contribution in [0.2, 0.25) is 0 Å². The fraction of sp³-hybridized carbons (Fsp3) is 0.0714. The van der Waals surface area contributed by atoms with Crippen LogP contribution < -0.4 is 20.6 Å². The van der Waals surface area contributed by atoms with Crippen molar-refractivity contribution in [3.05, 3.63) is 199 Å². The van der Waals surface area contributed by atoms with E-state index in [4.69, 9.17) is 15.2 Å². The average Bonchev–Trinajstić information content (AvgIpc) is 3.99. The summed E-state index contributed by atoms with van der Waals surface area (Å²) in [4.78, 5) is 30.6. The number of benzene rings is 3. The number of rotatable bonds is 6. The van der Waals surface area contributed by atoms with E-state index in [1.807, 2.05) is 67.7 Å². The summed E-state index contributed by atoms with van der Waals surface area (Å²) < 4.78 is 29.4. The van der Waals surface area contributed by atoms with Crippen LogP contribution in [0.5, 0.6) is 23.0 Å². The number of halogens is 1. The molecule has 6 aromatic heterocycles. The first-order valence-electron chi connectivity index (χ1n) is 17.7. The van der Waals surface area contributed by atoms with Crippen LogP contribution in [0, 0.1) is 46.8 Å². The van der Waals surface area contributed by atoms with Crippen LogP contribution in [-0.4, -0.2) is 38.7 Å². The molecular formula is C42H36FN9O7. The van der Waals surface area contributed by atoms with Crippen molar-refractivity contribution in [1.29, 1.82) is 0 Å². The van der Waals surface area contributed by atoms with E-state index in [1.165, 1.54) is 31.2 Å². The highest BCUT2D eigenvalue weighted by molar-refractivity contribution is 5.54. The molecule has 0 aliphatic heterocycles. The van der Waals surface area contributed by atoms with E-state index in [1.54, 1.807) is 69.7 Å². The fourth-order valence-corrected chi connectivity index (χ4v) is 5.52. The van der Waals surface area contributed by atoms with Crippen LogP contribution in [0.4, 0.5) is 21.5 Å². The molecule has 0 atom stereocenters. The number of nitro groups is 2. The van der Waals surface area contributed by atoms with Crippen LogP contribution >= 0.6 is 0 Å². The molecule has 9 aromatic rings. The van der Waals surface area contributed by atoms with Crippen LogP contribution in [0.25, 0.3) is 16.6 Å². The molecule has 0 saturated carbocycles. The molecule has 16 nitrogen and oxygen atoms in total. The Morgan fingerprint density at radius 2 is 1.17 bits per heavy atom. The molecule has 0 amide bonds. The van der Waals surface area contributed by atoms with Gasteiger partial charge in [-0.1, -0.05) is 0 Å². The maximum atomic E-state index is 12.5. The number of ether oxygens (including phenoxy) is 2. The summed E-state index contributed by atoms with van der Waals surface area (Å²) >= 11 is 0. The van der Waals surface area contributed by atoms with Gasteiger partial charge in [0, 0.05) is 91.4 Å². The minimum Gasteiger partial charge on any atom is -0.457 e. The minimum absolute atomic E-state index is 0.0413. The molecule has 17 heteroatoms. The number of aromatic nitrogens is 6. The zero-order valence-corrected chi connectivity index (χ0v) is 31.8. The lowest BCUT2D eigenvalue weighted by molar-refractivity contribution is -0.385. The predicted molar refractivity (Wildman–Crippen MR) is 220 cm³/mol. The molecule has 9 rings (SSSR count). The number of fused-ring (bicyclic) bond motifs is 3. The number of hydrogen-bond donors (Lipinski definition) is 2. The Labute approximate surface area is 334 Å². The molecule has 6 heterocycles. The van der Waals surface area contributed by atoms with Crippen molar-refractivity contribution >= 4 is 33.6 Å². The van der Waals surface area contributed by atoms with Crippen LogP contribution in [0.1, 0.15) is 16.7 Å². The van der Waals surface area contributed by atoms with E-state index in [0.29, 0.717) is 22.6 Å². The van der Waals surface area contributed by atoms with E-state index in [-0.39, 0.29) is 16.8 Å². The molecule has 3 N–H and O–H groups in total. The molecule has 0 bridgehead atoms. The summed E-state index contributed by atoms with van der Waals surface area (Å²) in [5.74, 6) is 2.44. The van der Waals surface area contributed by atoms with Crippen molar-refractivity contribution in [3.63, 3.8) is 0 Å². The second-order valence-corrected chi connectivity index (χ2v) is 12.9. The molecule has 0 radical (unpaired) electrons. The van der Waals surface area contributed by atoms with Gasteiger partial charge in [0.2, 0.25) is 0 Å². The van der Waals surface area contributed by atoms with Crippen molar-refractivity contribution in [2.45, 2.75) is 20.8 Å². The second kappa shape index (κ2) is 18.1. The van der Waals surface area contributed by atoms with Gasteiger partial charge >= 0.3 is 0 Å². The number of nitrogen functional groups attached to an aromatic ring is 1. The highest BCUT2D eigenvalue weighted by atomic mass is 19.1. The number of aryl methyl sites for hydroxylation is 3. The standard InChI is InChI=1S/C14H11N3O3.C14H13N3O.C7H6FNO2.C7H6N2O/c1-10-8-12(17(18)19)2-3-14(10)20-13-5-7-16-11(9-13)4-6-15-16;1-10-8-11(15)2-3-14(10)18-13-5-7-17-12(9-13)4-6-16-17;1-5-4-6(9(10)11)2-3-7(5)8;10-7-2-4-9-6(5-7)1-3-8-9/h2-9H,1H3;2-9H,15H2,1H3;2-4H,1H3;1-5,8H. The Morgan fingerprint density at radius 3 is 1.71 bits per heavy atom. The van der Waals surface area contributed by atoms with Crippen molar-refractivity contribution < 1.29 is 23.7 Å². The highest BCUT2D eigenvalue weighted by Gasteiger charge is 2.10. The van der Waals surface area contributed by atoms with Crippen molar-refractivity contribution in [2.75, 3.05) is 5.73 Å². The molecule has 59 heavy (non-hydrogen) atoms. The second-order valence-electron chi connectivity index (χ2n) is 12.9. The first kappa shape index (κ1) is 40.3. The number of nitrogens with zero attached hydrogens (tertiary/aromatic N) is 7. The molecule has 0 aliphatic rings. The molecule has 0 aliphatic carbocycles. The summed E-state index contributed by atoms with van der Waals surface area (Å²) in [6, 6.07) is 29.8. The van der Waals surface area contributed by atoms with Gasteiger partial charge in [-0.25, -0.2) is 13.4 Å². The number of non-ortho nitro benzene ring substituents is 2. The highest BCUT2D eigenvalue weighted by Crippen LogP contribution is 2.29. The van der Waals surface area contributed by atoms with Gasteiger partial charge in [0.05, 0.1) is 26.4 Å². The molecule has 3 aromatic carbocycles. The number of nitrogens with one attached hydrogen (secondary N) is 1. The Kier molecular flexibility index (Phi) is 12.4. The number of nitro benzene ring substituents is 2. The normalized spacial score (nSPS) is 10.4. The fourth-order valence-electron chi connectivity index (χ4n) is 5.52. The first-order valence-corrected chi connectivity index (χ1v) is 17.7. The van der Waals surface area contributed by atoms with Gasteiger partial charge < -0.3 is 20.3 Å². The Hall–Kier alpha value is -8.34. The molecular weight excluding hydrogens is 762 g/mol. The zero-order chi connectivity index (χ0) is 42.1. The van der Waals surface area contributed by atoms with Gasteiger partial charge in [0.1, 0.15) is 28.8 Å². The summed E-state index contributed by atoms with van der Waals surface area (Å²) in [5, 5.41) is 32.0. The third-order valence-corrected chi connectivity index (χ3v) is 8.54. The van der Waals surface area contributed by atoms with Gasteiger partial charge in [-0.15, -0.1) is 0 Å². The third-order valence-electron chi connectivity index (χ3n) is 8.54. The van der Waals surface area contributed by atoms with Gasteiger partial charge in [-0.3, -0.25) is 29.5 Å². The average molecular weight is 798 g/mol. The number of pyridine rings is 3. The number of anilines is 1. The number of hydrogen-bond acceptors (Lipinski definition) is 10. The van der Waals surface area contributed by atoms with Crippen molar-refractivity contribution in [3.8, 4) is 23.0 Å². The summed E-state index contributed by atoms with van der Waals surface area (Å²) in [7, 11) is 0. The van der Waals surface area contributed by atoms with Crippen LogP contribution in [0.3, 0.4) is 0 Å². The minimum atomic E-state index is -0.549. The summed E-state index contributed by atoms with van der Waals surface area (Å²) in [6.07, 6.45) is 10.6. The van der Waals surface area contributed by atoms with E-state index >= 15 is 0 Å². The van der Waals surface area contributed by atoms with E-state index in [2.05, 4.69) is 15.3 Å². The molecule has 298 valence electrons. The van der Waals surface area contributed by atoms with E-state index in [9.17, 15) is 29.4 Å². The molecule has 0 spiro atoms. The quantitative estimate of drug-likeness (QED) is 0.0928. The smallest absolute Gasteiger partial charge is 0.269 e. The van der Waals surface area contributed by atoms with Crippen LogP contribution in [-0.2, 0) is 0 Å². The van der Waals surface area contributed by atoms with Gasteiger partial charge in [0.25, 0.3) is 11.4 Å². The monoisotopic (exact) mass is 797 g/mol. The van der Waals surface area contributed by atoms with Gasteiger partial charge in [-0.2, -0.15) is 10.2 Å². The molecule has 0 unspecified atom stereocenters. The Balaban J connectivity index is 0.000000138. The SMILES string of the molecule is Cc1cc(N)ccc1Oc1ccn2nccc2c1.Cc1cc([N+](=O)[O-])ccc1F.Cc1cc([N+](=O)[O-])ccc1Oc1ccn2nccc2c1.O=c1ccn2[nH]ccc2c1. The Bertz CT molecular complexity index is 2970. The molecule has 0 fully saturated rings. The summed E-state index contributed by atoms with van der Waals surface area (Å²) in [6.45, 7) is 5.24. The lowest BCUT2D eigenvalue weighted by atomic mass is 10.2. The largest absolute Gasteiger partial charge is 0.457 e. The maximum absolute atomic E-state index is 12.5. The topological polar surface area (TPSA) is 203 Å². The molecule has 0 saturated heterocycles. The number of nitrogens with two attached hydrogens (primary N) is 1. The number of aromatic amines is 1. The lowest BCUT2D eigenvalue weighted by Gasteiger charge is -2.09. The van der Waals surface area contributed by atoms with Crippen molar-refractivity contribution in [2.24, 2.45) is 0 Å². The first-order chi connectivity index (χ1) is 28.3. The van der Waals surface area contributed by atoms with Gasteiger partial charge in [-0.05, 0) is 98.1 Å². The predicted octanol–water partition coefficient (Wildman–Crippen LogP) is 9.03. The maximum Gasteiger partial charge on any atom is 0.269 e. The third kappa shape index (κ3) is 10.5. The lowest BCUT2D eigenvalue weighted by Crippen LogP contribution is -1.98. The number of H-pyrrole nitrogens is 1. The summed E-state index contributed by atoms with van der Waals surface area (Å²) in [5.41, 5.74) is 11.3. The zero-order valence-electron chi connectivity index (χ0n) is 31.8.